The molecule has 1 aliphatic rings. The molecule has 3 heterocycles. The Balaban J connectivity index is 1.76. The standard InChI is InChI=1S/C14H16BrClN4O2/c1-2-22-14(21)19-5-3-9(4-6-19)10-8-20-11(15)7-17-13(20)12(16)18-10/h7-9H,2-6H2,1H3. The molecule has 0 saturated carbocycles. The highest BCUT2D eigenvalue weighted by molar-refractivity contribution is 9.10. The number of rotatable bonds is 2. The largest absolute Gasteiger partial charge is 0.450 e. The van der Waals surface area contributed by atoms with Crippen molar-refractivity contribution in [3.63, 3.8) is 0 Å². The normalized spacial score (nSPS) is 16.2. The monoisotopic (exact) mass is 386 g/mol. The molecule has 1 saturated heterocycles. The predicted octanol–water partition coefficient (Wildman–Crippen LogP) is 3.48. The van der Waals surface area contributed by atoms with Crippen molar-refractivity contribution in [2.24, 2.45) is 0 Å². The topological polar surface area (TPSA) is 59.7 Å². The summed E-state index contributed by atoms with van der Waals surface area (Å²) in [5.41, 5.74) is 1.57. The number of likely N-dealkylation sites (tertiary alicyclic amines) is 1. The van der Waals surface area contributed by atoms with E-state index in [0.717, 1.165) is 23.1 Å². The summed E-state index contributed by atoms with van der Waals surface area (Å²) < 4.78 is 7.77. The van der Waals surface area contributed by atoms with Gasteiger partial charge in [0.2, 0.25) is 0 Å². The molecule has 0 atom stereocenters. The van der Waals surface area contributed by atoms with Gasteiger partial charge in [0.15, 0.2) is 10.8 Å². The number of hydrogen-bond donors (Lipinski definition) is 0. The number of halogens is 2. The maximum Gasteiger partial charge on any atom is 0.409 e. The van der Waals surface area contributed by atoms with Gasteiger partial charge in [-0.2, -0.15) is 0 Å². The average molecular weight is 388 g/mol. The van der Waals surface area contributed by atoms with E-state index >= 15 is 0 Å². The van der Waals surface area contributed by atoms with Crippen LogP contribution in [0.3, 0.4) is 0 Å². The zero-order chi connectivity index (χ0) is 15.7. The molecule has 0 N–H and O–H groups in total. The molecular weight excluding hydrogens is 372 g/mol. The quantitative estimate of drug-likeness (QED) is 0.791. The first-order valence-corrected chi connectivity index (χ1v) is 8.38. The Kier molecular flexibility index (Phi) is 4.54. The number of fused-ring (bicyclic) bond motifs is 1. The summed E-state index contributed by atoms with van der Waals surface area (Å²) in [6.45, 7) is 3.56. The van der Waals surface area contributed by atoms with Crippen molar-refractivity contribution in [2.75, 3.05) is 19.7 Å². The molecule has 1 fully saturated rings. The van der Waals surface area contributed by atoms with Gasteiger partial charge in [0.05, 0.1) is 18.5 Å². The molecule has 1 aliphatic heterocycles. The fourth-order valence-electron chi connectivity index (χ4n) is 2.71. The molecule has 0 unspecified atom stereocenters. The Bertz CT molecular complexity index is 697. The lowest BCUT2D eigenvalue weighted by Crippen LogP contribution is -2.38. The number of nitrogens with zero attached hydrogens (tertiary/aromatic N) is 4. The Morgan fingerprint density at radius 3 is 2.91 bits per heavy atom. The van der Waals surface area contributed by atoms with Crippen molar-refractivity contribution in [2.45, 2.75) is 25.7 Å². The molecule has 0 aliphatic carbocycles. The molecule has 3 rings (SSSR count). The highest BCUT2D eigenvalue weighted by Crippen LogP contribution is 2.29. The van der Waals surface area contributed by atoms with Crippen LogP contribution in [-0.4, -0.2) is 45.1 Å². The first-order valence-electron chi connectivity index (χ1n) is 7.21. The second-order valence-corrected chi connectivity index (χ2v) is 6.36. The number of piperidine rings is 1. The lowest BCUT2D eigenvalue weighted by molar-refractivity contribution is 0.0968. The summed E-state index contributed by atoms with van der Waals surface area (Å²) >= 11 is 9.66. The third-order valence-corrected chi connectivity index (χ3v) is 4.70. The van der Waals surface area contributed by atoms with Gasteiger partial charge in [-0.3, -0.25) is 4.40 Å². The van der Waals surface area contributed by atoms with Gasteiger partial charge < -0.3 is 9.64 Å². The molecule has 2 aromatic heterocycles. The Morgan fingerprint density at radius 1 is 1.50 bits per heavy atom. The molecule has 118 valence electrons. The van der Waals surface area contributed by atoms with Crippen molar-refractivity contribution in [1.29, 1.82) is 0 Å². The first kappa shape index (κ1) is 15.6. The van der Waals surface area contributed by atoms with Crippen LogP contribution in [0.15, 0.2) is 17.0 Å². The minimum atomic E-state index is -0.236. The highest BCUT2D eigenvalue weighted by atomic mass is 79.9. The zero-order valence-corrected chi connectivity index (χ0v) is 14.5. The summed E-state index contributed by atoms with van der Waals surface area (Å²) in [4.78, 5) is 22.2. The van der Waals surface area contributed by atoms with Gasteiger partial charge in [0.1, 0.15) is 4.60 Å². The van der Waals surface area contributed by atoms with Gasteiger partial charge in [-0.15, -0.1) is 0 Å². The summed E-state index contributed by atoms with van der Waals surface area (Å²) in [6, 6.07) is 0. The minimum Gasteiger partial charge on any atom is -0.450 e. The van der Waals surface area contributed by atoms with Crippen LogP contribution in [-0.2, 0) is 4.74 Å². The smallest absolute Gasteiger partial charge is 0.409 e. The van der Waals surface area contributed by atoms with E-state index in [-0.39, 0.29) is 12.0 Å². The van der Waals surface area contributed by atoms with Crippen molar-refractivity contribution < 1.29 is 9.53 Å². The van der Waals surface area contributed by atoms with Crippen LogP contribution in [0.4, 0.5) is 4.79 Å². The number of ether oxygens (including phenoxy) is 1. The third-order valence-electron chi connectivity index (χ3n) is 3.86. The van der Waals surface area contributed by atoms with Crippen LogP contribution in [0.25, 0.3) is 5.65 Å². The van der Waals surface area contributed by atoms with E-state index in [4.69, 9.17) is 16.3 Å². The number of imidazole rings is 1. The zero-order valence-electron chi connectivity index (χ0n) is 12.1. The fourth-order valence-corrected chi connectivity index (χ4v) is 3.32. The Labute approximate surface area is 141 Å². The number of carbonyl (C=O) groups is 1. The third kappa shape index (κ3) is 2.92. The van der Waals surface area contributed by atoms with Crippen molar-refractivity contribution in [1.82, 2.24) is 19.3 Å². The highest BCUT2D eigenvalue weighted by Gasteiger charge is 2.26. The van der Waals surface area contributed by atoms with Crippen molar-refractivity contribution in [3.8, 4) is 0 Å². The summed E-state index contributed by atoms with van der Waals surface area (Å²) in [5.74, 6) is 0.280. The SMILES string of the molecule is CCOC(=O)N1CCC(c2cn3c(Br)cnc3c(Cl)n2)CC1. The van der Waals surface area contributed by atoms with Gasteiger partial charge in [0, 0.05) is 25.2 Å². The van der Waals surface area contributed by atoms with Gasteiger partial charge in [-0.05, 0) is 35.7 Å². The van der Waals surface area contributed by atoms with E-state index in [0.29, 0.717) is 30.5 Å². The van der Waals surface area contributed by atoms with Gasteiger partial charge >= 0.3 is 6.09 Å². The van der Waals surface area contributed by atoms with Crippen LogP contribution in [0, 0.1) is 0 Å². The molecule has 8 heteroatoms. The van der Waals surface area contributed by atoms with Gasteiger partial charge in [0.25, 0.3) is 0 Å². The molecule has 1 amide bonds. The number of hydrogen-bond acceptors (Lipinski definition) is 4. The van der Waals surface area contributed by atoms with Crippen LogP contribution in [0.1, 0.15) is 31.4 Å². The molecular formula is C14H16BrClN4O2. The lowest BCUT2D eigenvalue weighted by atomic mass is 9.94. The van der Waals surface area contributed by atoms with Gasteiger partial charge in [-0.1, -0.05) is 11.6 Å². The van der Waals surface area contributed by atoms with E-state index in [1.54, 1.807) is 11.1 Å². The minimum absolute atomic E-state index is 0.236. The molecule has 2 aromatic rings. The predicted molar refractivity (Wildman–Crippen MR) is 86.3 cm³/mol. The fraction of sp³-hybridized carbons (Fsp3) is 0.500. The maximum atomic E-state index is 11.7. The Hall–Kier alpha value is -1.34. The van der Waals surface area contributed by atoms with Crippen LogP contribution in [0.5, 0.6) is 0 Å². The number of aromatic nitrogens is 3. The maximum absolute atomic E-state index is 11.7. The Morgan fingerprint density at radius 2 is 2.23 bits per heavy atom. The molecule has 0 radical (unpaired) electrons. The van der Waals surface area contributed by atoms with Crippen molar-refractivity contribution in [3.05, 3.63) is 27.8 Å². The van der Waals surface area contributed by atoms with E-state index in [1.807, 2.05) is 17.5 Å². The first-order chi connectivity index (χ1) is 10.6. The van der Waals surface area contributed by atoms with E-state index in [9.17, 15) is 4.79 Å². The van der Waals surface area contributed by atoms with E-state index in [2.05, 4.69) is 25.9 Å². The van der Waals surface area contributed by atoms with Crippen molar-refractivity contribution >= 4 is 39.3 Å². The summed E-state index contributed by atoms with van der Waals surface area (Å²) in [7, 11) is 0. The second kappa shape index (κ2) is 6.42. The number of amides is 1. The van der Waals surface area contributed by atoms with Crippen LogP contribution in [0.2, 0.25) is 5.15 Å². The summed E-state index contributed by atoms with van der Waals surface area (Å²) in [5, 5.41) is 0.399. The van der Waals surface area contributed by atoms with E-state index < -0.39 is 0 Å². The molecule has 0 spiro atoms. The van der Waals surface area contributed by atoms with Gasteiger partial charge in [-0.25, -0.2) is 14.8 Å². The molecule has 6 nitrogen and oxygen atoms in total. The number of carbonyl (C=O) groups excluding carboxylic acids is 1. The van der Waals surface area contributed by atoms with Crippen LogP contribution >= 0.6 is 27.5 Å². The lowest BCUT2D eigenvalue weighted by Gasteiger charge is -2.30. The van der Waals surface area contributed by atoms with E-state index in [1.165, 1.54) is 0 Å². The van der Waals surface area contributed by atoms with Crippen LogP contribution < -0.4 is 0 Å². The average Bonchev–Trinajstić information content (AvgIpc) is 2.90. The molecule has 0 aromatic carbocycles. The summed E-state index contributed by atoms with van der Waals surface area (Å²) in [6.07, 6.45) is 5.12. The molecule has 0 bridgehead atoms. The molecule has 22 heavy (non-hydrogen) atoms. The second-order valence-electron chi connectivity index (χ2n) is 5.19.